The van der Waals surface area contributed by atoms with Gasteiger partial charge in [-0.3, -0.25) is 4.40 Å². The summed E-state index contributed by atoms with van der Waals surface area (Å²) in [6.45, 7) is 4.06. The molecule has 94 valence electrons. The lowest BCUT2D eigenvalue weighted by atomic mass is 10.0. The molecule has 0 radical (unpaired) electrons. The maximum atomic E-state index is 11.1. The predicted molar refractivity (Wildman–Crippen MR) is 75.6 cm³/mol. The average molecular weight is 251 g/mol. The molecule has 2 aromatic heterocycles. The molecule has 0 aliphatic heterocycles. The highest BCUT2D eigenvalue weighted by Gasteiger charge is 2.15. The van der Waals surface area contributed by atoms with E-state index >= 15 is 0 Å². The van der Waals surface area contributed by atoms with E-state index < -0.39 is 0 Å². The van der Waals surface area contributed by atoms with Gasteiger partial charge in [-0.15, -0.1) is 4.91 Å². The van der Waals surface area contributed by atoms with Crippen molar-refractivity contribution in [3.05, 3.63) is 58.6 Å². The van der Waals surface area contributed by atoms with Crippen molar-refractivity contribution in [1.82, 2.24) is 9.38 Å². The minimum absolute atomic E-state index is 0.350. The molecule has 3 rings (SSSR count). The molecule has 0 amide bonds. The van der Waals surface area contributed by atoms with Crippen molar-refractivity contribution >= 4 is 11.5 Å². The molecule has 19 heavy (non-hydrogen) atoms. The van der Waals surface area contributed by atoms with Crippen LogP contribution in [-0.4, -0.2) is 9.38 Å². The highest BCUT2D eigenvalue weighted by Crippen LogP contribution is 2.32. The molecule has 0 N–H and O–H groups in total. The van der Waals surface area contributed by atoms with Crippen LogP contribution in [0, 0.1) is 18.8 Å². The Morgan fingerprint density at radius 1 is 1.16 bits per heavy atom. The molecule has 0 saturated carbocycles. The van der Waals surface area contributed by atoms with E-state index in [9.17, 15) is 4.91 Å². The Morgan fingerprint density at radius 2 is 2.00 bits per heavy atom. The highest BCUT2D eigenvalue weighted by atomic mass is 16.3. The summed E-state index contributed by atoms with van der Waals surface area (Å²) in [4.78, 5) is 15.7. The summed E-state index contributed by atoms with van der Waals surface area (Å²) in [7, 11) is 0. The van der Waals surface area contributed by atoms with Crippen LogP contribution in [-0.2, 0) is 0 Å². The lowest BCUT2D eigenvalue weighted by Gasteiger charge is -2.04. The van der Waals surface area contributed by atoms with Crippen molar-refractivity contribution in [2.24, 2.45) is 5.18 Å². The maximum Gasteiger partial charge on any atom is 0.209 e. The number of nitroso groups, excluding NO2 is 1. The minimum Gasteiger partial charge on any atom is -0.281 e. The van der Waals surface area contributed by atoms with Gasteiger partial charge in [0, 0.05) is 11.8 Å². The second-order valence-electron chi connectivity index (χ2n) is 4.62. The van der Waals surface area contributed by atoms with Gasteiger partial charge in [-0.2, -0.15) is 0 Å². The summed E-state index contributed by atoms with van der Waals surface area (Å²) in [6, 6.07) is 11.7. The van der Waals surface area contributed by atoms with Gasteiger partial charge < -0.3 is 0 Å². The number of aromatic nitrogens is 2. The van der Waals surface area contributed by atoms with Crippen LogP contribution in [0.2, 0.25) is 0 Å². The first-order valence-corrected chi connectivity index (χ1v) is 6.09. The first-order valence-electron chi connectivity index (χ1n) is 6.09. The highest BCUT2D eigenvalue weighted by molar-refractivity contribution is 5.76. The molecule has 3 aromatic rings. The second kappa shape index (κ2) is 4.31. The molecule has 2 heterocycles. The first kappa shape index (κ1) is 11.6. The molecule has 0 fully saturated rings. The van der Waals surface area contributed by atoms with Gasteiger partial charge >= 0.3 is 0 Å². The van der Waals surface area contributed by atoms with E-state index in [4.69, 9.17) is 0 Å². The van der Waals surface area contributed by atoms with E-state index in [2.05, 4.69) is 16.2 Å². The monoisotopic (exact) mass is 251 g/mol. The summed E-state index contributed by atoms with van der Waals surface area (Å²) in [5.41, 5.74) is 4.59. The Kier molecular flexibility index (Phi) is 2.63. The summed E-state index contributed by atoms with van der Waals surface area (Å²) < 4.78 is 1.71. The molecule has 0 saturated heterocycles. The molecule has 4 nitrogen and oxygen atoms in total. The van der Waals surface area contributed by atoms with Crippen molar-refractivity contribution in [1.29, 1.82) is 0 Å². The van der Waals surface area contributed by atoms with E-state index in [0.717, 1.165) is 16.8 Å². The SMILES string of the molecule is Cc1ccc(-c2nc3ccccn3c2N=O)c(C)c1. The zero-order chi connectivity index (χ0) is 13.4. The number of hydrogen-bond acceptors (Lipinski definition) is 3. The van der Waals surface area contributed by atoms with E-state index in [-0.39, 0.29) is 0 Å². The van der Waals surface area contributed by atoms with Crippen LogP contribution in [0.15, 0.2) is 47.8 Å². The van der Waals surface area contributed by atoms with E-state index in [0.29, 0.717) is 11.5 Å². The van der Waals surface area contributed by atoms with Gasteiger partial charge in [-0.1, -0.05) is 29.8 Å². The smallest absolute Gasteiger partial charge is 0.209 e. The molecular weight excluding hydrogens is 238 g/mol. The van der Waals surface area contributed by atoms with Gasteiger partial charge in [-0.05, 0) is 36.7 Å². The number of imidazole rings is 1. The lowest BCUT2D eigenvalue weighted by Crippen LogP contribution is -1.85. The fourth-order valence-corrected chi connectivity index (χ4v) is 2.33. The lowest BCUT2D eigenvalue weighted by molar-refractivity contribution is 1.16. The molecule has 0 bridgehead atoms. The summed E-state index contributed by atoms with van der Waals surface area (Å²) in [6.07, 6.45) is 1.80. The average Bonchev–Trinajstić information content (AvgIpc) is 2.76. The van der Waals surface area contributed by atoms with Crippen LogP contribution in [0.25, 0.3) is 16.9 Å². The van der Waals surface area contributed by atoms with Gasteiger partial charge in [0.25, 0.3) is 0 Å². The molecule has 1 aromatic carbocycles. The predicted octanol–water partition coefficient (Wildman–Crippen LogP) is 4.02. The minimum atomic E-state index is 0.350. The molecule has 0 aliphatic carbocycles. The van der Waals surface area contributed by atoms with E-state index in [1.807, 2.05) is 44.2 Å². The van der Waals surface area contributed by atoms with Crippen molar-refractivity contribution in [2.45, 2.75) is 13.8 Å². The van der Waals surface area contributed by atoms with Gasteiger partial charge in [0.2, 0.25) is 5.82 Å². The Labute approximate surface area is 110 Å². The van der Waals surface area contributed by atoms with Crippen LogP contribution in [0.3, 0.4) is 0 Å². The van der Waals surface area contributed by atoms with Gasteiger partial charge in [-0.25, -0.2) is 4.98 Å². The number of pyridine rings is 1. The largest absolute Gasteiger partial charge is 0.281 e. The van der Waals surface area contributed by atoms with Crippen LogP contribution >= 0.6 is 0 Å². The summed E-state index contributed by atoms with van der Waals surface area (Å²) >= 11 is 0. The van der Waals surface area contributed by atoms with Crippen LogP contribution in [0.5, 0.6) is 0 Å². The Morgan fingerprint density at radius 3 is 2.74 bits per heavy atom. The molecular formula is C15H13N3O. The Bertz CT molecular complexity index is 774. The van der Waals surface area contributed by atoms with Gasteiger partial charge in [0.15, 0.2) is 0 Å². The first-order chi connectivity index (χ1) is 9.20. The number of rotatable bonds is 2. The summed E-state index contributed by atoms with van der Waals surface area (Å²) in [5, 5.41) is 3.15. The fourth-order valence-electron chi connectivity index (χ4n) is 2.33. The third-order valence-corrected chi connectivity index (χ3v) is 3.23. The van der Waals surface area contributed by atoms with Crippen molar-refractivity contribution in [2.75, 3.05) is 0 Å². The number of benzene rings is 1. The topological polar surface area (TPSA) is 46.7 Å². The van der Waals surface area contributed by atoms with Crippen LogP contribution < -0.4 is 0 Å². The number of nitrogens with zero attached hydrogens (tertiary/aromatic N) is 3. The molecule has 0 aliphatic rings. The van der Waals surface area contributed by atoms with Crippen LogP contribution in [0.1, 0.15) is 11.1 Å². The maximum absolute atomic E-state index is 11.1. The molecule has 0 unspecified atom stereocenters. The molecule has 0 atom stereocenters. The molecule has 0 spiro atoms. The quantitative estimate of drug-likeness (QED) is 0.646. The standard InChI is InChI=1S/C15H13N3O/c1-10-6-7-12(11(2)9-10)14-15(17-19)18-8-4-3-5-13(18)16-14/h3-9H,1-2H3. The second-order valence-corrected chi connectivity index (χ2v) is 4.62. The Hall–Kier alpha value is -2.49. The third kappa shape index (κ3) is 1.81. The number of fused-ring (bicyclic) bond motifs is 1. The van der Waals surface area contributed by atoms with Gasteiger partial charge in [0.1, 0.15) is 11.3 Å². The number of aryl methyl sites for hydroxylation is 2. The number of hydrogen-bond donors (Lipinski definition) is 0. The zero-order valence-corrected chi connectivity index (χ0v) is 10.8. The fraction of sp³-hybridized carbons (Fsp3) is 0.133. The molecule has 4 heteroatoms. The summed E-state index contributed by atoms with van der Waals surface area (Å²) in [5.74, 6) is 0.350. The van der Waals surface area contributed by atoms with E-state index in [1.54, 1.807) is 10.6 Å². The van der Waals surface area contributed by atoms with Crippen molar-refractivity contribution < 1.29 is 0 Å². The van der Waals surface area contributed by atoms with Crippen LogP contribution in [0.4, 0.5) is 5.82 Å². The van der Waals surface area contributed by atoms with Gasteiger partial charge in [0.05, 0.1) is 0 Å². The van der Waals surface area contributed by atoms with Crippen molar-refractivity contribution in [3.8, 4) is 11.3 Å². The Balaban J connectivity index is 2.33. The van der Waals surface area contributed by atoms with E-state index in [1.165, 1.54) is 5.56 Å². The van der Waals surface area contributed by atoms with Crippen molar-refractivity contribution in [3.63, 3.8) is 0 Å². The normalized spacial score (nSPS) is 10.8. The zero-order valence-electron chi connectivity index (χ0n) is 10.8. The third-order valence-electron chi connectivity index (χ3n) is 3.23.